The van der Waals surface area contributed by atoms with Gasteiger partial charge in [-0.25, -0.2) is 4.98 Å². The summed E-state index contributed by atoms with van der Waals surface area (Å²) in [5, 5.41) is 2.98. The van der Waals surface area contributed by atoms with Crippen LogP contribution in [0.5, 0.6) is 0 Å². The topological polar surface area (TPSA) is 67.6 Å². The molecule has 6 heteroatoms. The highest BCUT2D eigenvalue weighted by Gasteiger charge is 2.11. The number of hydrogen-bond acceptors (Lipinski definition) is 5. The smallest absolute Gasteiger partial charge is 0.220 e. The predicted molar refractivity (Wildman–Crippen MR) is 105 cm³/mol. The van der Waals surface area contributed by atoms with Crippen molar-refractivity contribution < 1.29 is 13.9 Å². The lowest BCUT2D eigenvalue weighted by Gasteiger charge is -2.26. The van der Waals surface area contributed by atoms with E-state index in [1.807, 2.05) is 6.07 Å². The van der Waals surface area contributed by atoms with Gasteiger partial charge in [-0.3, -0.25) is 9.69 Å². The molecular weight excluding hydrogens is 342 g/mol. The molecule has 0 unspecified atom stereocenters. The number of rotatable bonds is 8. The van der Waals surface area contributed by atoms with Crippen molar-refractivity contribution >= 4 is 5.91 Å². The van der Waals surface area contributed by atoms with E-state index in [4.69, 9.17) is 9.15 Å². The standard InChI is InChI=1S/C21H29N3O3/c1-16-4-5-18(14-17(16)2)19-15-23-21(27-19)7-6-20(25)22-8-3-9-24-10-12-26-13-11-24/h4-5,14-15H,3,6-13H2,1-2H3,(H,22,25). The number of nitrogens with one attached hydrogen (secondary N) is 1. The summed E-state index contributed by atoms with van der Waals surface area (Å²) in [5.41, 5.74) is 3.50. The quantitative estimate of drug-likeness (QED) is 0.723. The number of aromatic nitrogens is 1. The van der Waals surface area contributed by atoms with Crippen molar-refractivity contribution in [2.24, 2.45) is 0 Å². The minimum absolute atomic E-state index is 0.0444. The molecule has 1 saturated heterocycles. The first kappa shape index (κ1) is 19.6. The highest BCUT2D eigenvalue weighted by molar-refractivity contribution is 5.76. The largest absolute Gasteiger partial charge is 0.441 e. The molecule has 0 spiro atoms. The molecule has 0 bridgehead atoms. The van der Waals surface area contributed by atoms with Crippen LogP contribution in [0, 0.1) is 13.8 Å². The number of benzene rings is 1. The SMILES string of the molecule is Cc1ccc(-c2cnc(CCC(=O)NCCCN3CCOCC3)o2)cc1C. The molecule has 0 aliphatic carbocycles. The van der Waals surface area contributed by atoms with Crippen LogP contribution in [0.1, 0.15) is 29.9 Å². The van der Waals surface area contributed by atoms with Gasteiger partial charge in [-0.05, 0) is 44.0 Å². The Hall–Kier alpha value is -2.18. The Morgan fingerprint density at radius 1 is 1.22 bits per heavy atom. The van der Waals surface area contributed by atoms with E-state index in [0.717, 1.165) is 50.6 Å². The highest BCUT2D eigenvalue weighted by atomic mass is 16.5. The van der Waals surface area contributed by atoms with Crippen LogP contribution in [-0.2, 0) is 16.0 Å². The van der Waals surface area contributed by atoms with Crippen molar-refractivity contribution in [2.45, 2.75) is 33.1 Å². The van der Waals surface area contributed by atoms with Gasteiger partial charge < -0.3 is 14.5 Å². The lowest BCUT2D eigenvalue weighted by atomic mass is 10.1. The van der Waals surface area contributed by atoms with Gasteiger partial charge in [0.25, 0.3) is 0 Å². The fourth-order valence-corrected chi connectivity index (χ4v) is 3.12. The van der Waals surface area contributed by atoms with Gasteiger partial charge in [0, 0.05) is 38.0 Å². The molecule has 1 amide bonds. The Balaban J connectivity index is 1.37. The second kappa shape index (κ2) is 9.67. The van der Waals surface area contributed by atoms with Gasteiger partial charge in [0.1, 0.15) is 0 Å². The molecule has 1 aromatic carbocycles. The summed E-state index contributed by atoms with van der Waals surface area (Å²) in [6, 6.07) is 6.21. The minimum Gasteiger partial charge on any atom is -0.441 e. The number of ether oxygens (including phenoxy) is 1. The average molecular weight is 371 g/mol. The molecule has 0 radical (unpaired) electrons. The fraction of sp³-hybridized carbons (Fsp3) is 0.524. The number of carbonyl (C=O) groups excluding carboxylic acids is 1. The predicted octanol–water partition coefficient (Wildman–Crippen LogP) is 2.73. The summed E-state index contributed by atoms with van der Waals surface area (Å²) in [5.74, 6) is 1.40. The summed E-state index contributed by atoms with van der Waals surface area (Å²) < 4.78 is 11.1. The third-order valence-electron chi connectivity index (χ3n) is 4.99. The van der Waals surface area contributed by atoms with E-state index in [1.165, 1.54) is 11.1 Å². The number of carbonyl (C=O) groups is 1. The van der Waals surface area contributed by atoms with Gasteiger partial charge >= 0.3 is 0 Å². The highest BCUT2D eigenvalue weighted by Crippen LogP contribution is 2.23. The van der Waals surface area contributed by atoms with E-state index in [-0.39, 0.29) is 5.91 Å². The Labute approximate surface area is 160 Å². The van der Waals surface area contributed by atoms with Crippen molar-refractivity contribution in [3.8, 4) is 11.3 Å². The summed E-state index contributed by atoms with van der Waals surface area (Å²) in [7, 11) is 0. The number of aryl methyl sites for hydroxylation is 3. The van der Waals surface area contributed by atoms with Crippen LogP contribution in [0.15, 0.2) is 28.8 Å². The molecule has 0 atom stereocenters. The van der Waals surface area contributed by atoms with Gasteiger partial charge in [0.2, 0.25) is 5.91 Å². The van der Waals surface area contributed by atoms with Crippen molar-refractivity contribution in [1.82, 2.24) is 15.2 Å². The van der Waals surface area contributed by atoms with E-state index >= 15 is 0 Å². The molecule has 0 saturated carbocycles. The van der Waals surface area contributed by atoms with E-state index in [1.54, 1.807) is 6.20 Å². The molecule has 1 fully saturated rings. The number of oxazole rings is 1. The molecular formula is C21H29N3O3. The van der Waals surface area contributed by atoms with Crippen molar-refractivity contribution in [3.05, 3.63) is 41.4 Å². The van der Waals surface area contributed by atoms with Gasteiger partial charge in [-0.15, -0.1) is 0 Å². The van der Waals surface area contributed by atoms with Crippen molar-refractivity contribution in [2.75, 3.05) is 39.4 Å². The van der Waals surface area contributed by atoms with Crippen LogP contribution >= 0.6 is 0 Å². The van der Waals surface area contributed by atoms with E-state index < -0.39 is 0 Å². The van der Waals surface area contributed by atoms with Crippen LogP contribution in [0.2, 0.25) is 0 Å². The summed E-state index contributed by atoms with van der Waals surface area (Å²) in [6.45, 7) is 9.48. The molecule has 1 N–H and O–H groups in total. The zero-order valence-corrected chi connectivity index (χ0v) is 16.3. The molecule has 3 rings (SSSR count). The van der Waals surface area contributed by atoms with Crippen LogP contribution in [0.3, 0.4) is 0 Å². The summed E-state index contributed by atoms with van der Waals surface area (Å²) in [6.07, 6.45) is 3.60. The molecule has 2 heterocycles. The van der Waals surface area contributed by atoms with Gasteiger partial charge in [-0.2, -0.15) is 0 Å². The maximum atomic E-state index is 12.0. The van der Waals surface area contributed by atoms with E-state index in [2.05, 4.69) is 41.2 Å². The van der Waals surface area contributed by atoms with Crippen molar-refractivity contribution in [3.63, 3.8) is 0 Å². The first-order valence-corrected chi connectivity index (χ1v) is 9.71. The van der Waals surface area contributed by atoms with Gasteiger partial charge in [-0.1, -0.05) is 12.1 Å². The summed E-state index contributed by atoms with van der Waals surface area (Å²) in [4.78, 5) is 18.7. The second-order valence-corrected chi connectivity index (χ2v) is 7.07. The zero-order valence-electron chi connectivity index (χ0n) is 16.3. The molecule has 27 heavy (non-hydrogen) atoms. The number of amides is 1. The molecule has 1 aliphatic rings. The second-order valence-electron chi connectivity index (χ2n) is 7.07. The fourth-order valence-electron chi connectivity index (χ4n) is 3.12. The lowest BCUT2D eigenvalue weighted by Crippen LogP contribution is -2.38. The number of morpholine rings is 1. The normalized spacial score (nSPS) is 15.0. The van der Waals surface area contributed by atoms with E-state index in [0.29, 0.717) is 25.3 Å². The van der Waals surface area contributed by atoms with Crippen LogP contribution < -0.4 is 5.32 Å². The van der Waals surface area contributed by atoms with Crippen LogP contribution in [-0.4, -0.2) is 55.2 Å². The molecule has 6 nitrogen and oxygen atoms in total. The van der Waals surface area contributed by atoms with Crippen LogP contribution in [0.25, 0.3) is 11.3 Å². The number of nitrogens with zero attached hydrogens (tertiary/aromatic N) is 2. The average Bonchev–Trinajstić information content (AvgIpc) is 3.16. The Kier molecular flexibility index (Phi) is 7.01. The van der Waals surface area contributed by atoms with Crippen molar-refractivity contribution in [1.29, 1.82) is 0 Å². The molecule has 1 aliphatic heterocycles. The summed E-state index contributed by atoms with van der Waals surface area (Å²) >= 11 is 0. The first-order chi connectivity index (χ1) is 13.1. The minimum atomic E-state index is 0.0444. The third kappa shape index (κ3) is 5.91. The van der Waals surface area contributed by atoms with Gasteiger partial charge in [0.05, 0.1) is 19.4 Å². The first-order valence-electron chi connectivity index (χ1n) is 9.71. The Bertz CT molecular complexity index is 751. The van der Waals surface area contributed by atoms with E-state index in [9.17, 15) is 4.79 Å². The number of hydrogen-bond donors (Lipinski definition) is 1. The molecule has 2 aromatic rings. The van der Waals surface area contributed by atoms with Gasteiger partial charge in [0.15, 0.2) is 11.7 Å². The Morgan fingerprint density at radius 3 is 2.81 bits per heavy atom. The molecule has 1 aromatic heterocycles. The maximum absolute atomic E-state index is 12.0. The zero-order chi connectivity index (χ0) is 19.1. The molecule has 146 valence electrons. The third-order valence-corrected chi connectivity index (χ3v) is 4.99. The monoisotopic (exact) mass is 371 g/mol. The maximum Gasteiger partial charge on any atom is 0.220 e. The Morgan fingerprint density at radius 2 is 2.04 bits per heavy atom. The lowest BCUT2D eigenvalue weighted by molar-refractivity contribution is -0.121. The van der Waals surface area contributed by atoms with Crippen LogP contribution in [0.4, 0.5) is 0 Å².